The number of benzene rings is 2. The quantitative estimate of drug-likeness (QED) is 0.412. The minimum atomic E-state index is -0.887. The van der Waals surface area contributed by atoms with Gasteiger partial charge in [-0.25, -0.2) is 4.79 Å². The van der Waals surface area contributed by atoms with Gasteiger partial charge in [0.1, 0.15) is 11.3 Å². The van der Waals surface area contributed by atoms with Crippen molar-refractivity contribution in [3.05, 3.63) is 62.5 Å². The molecule has 2 aromatic carbocycles. The average Bonchev–Trinajstić information content (AvgIpc) is 2.64. The maximum Gasteiger partial charge on any atom is 0.328 e. The number of nitrogens with one attached hydrogen (secondary N) is 3. The third-order valence-electron chi connectivity index (χ3n) is 3.69. The van der Waals surface area contributed by atoms with Gasteiger partial charge in [0.25, 0.3) is 17.7 Å². The van der Waals surface area contributed by atoms with Crippen LogP contribution in [0.25, 0.3) is 6.08 Å². The number of rotatable bonds is 5. The SMILES string of the molecule is O=C(COc1c(Br)cc(Br)cc1C=C1C(=O)NC(=O)NC1=O)Nc1ccccc1. The van der Waals surface area contributed by atoms with E-state index in [1.54, 1.807) is 36.4 Å². The molecule has 1 aliphatic rings. The maximum atomic E-state index is 12.2. The molecule has 0 spiro atoms. The second-order valence-corrected chi connectivity index (χ2v) is 7.57. The van der Waals surface area contributed by atoms with Gasteiger partial charge in [-0.2, -0.15) is 0 Å². The molecule has 0 aliphatic carbocycles. The molecule has 1 fully saturated rings. The van der Waals surface area contributed by atoms with Crippen LogP contribution in [0.5, 0.6) is 5.75 Å². The highest BCUT2D eigenvalue weighted by Crippen LogP contribution is 2.34. The van der Waals surface area contributed by atoms with Gasteiger partial charge in [0.2, 0.25) is 0 Å². The maximum absolute atomic E-state index is 12.2. The summed E-state index contributed by atoms with van der Waals surface area (Å²) in [7, 11) is 0. The van der Waals surface area contributed by atoms with Crippen molar-refractivity contribution in [2.24, 2.45) is 0 Å². The van der Waals surface area contributed by atoms with E-state index in [1.165, 1.54) is 6.08 Å². The Hall–Kier alpha value is -2.98. The Morgan fingerprint density at radius 2 is 1.69 bits per heavy atom. The molecule has 0 aromatic heterocycles. The van der Waals surface area contributed by atoms with Gasteiger partial charge in [-0.05, 0) is 46.3 Å². The van der Waals surface area contributed by atoms with Crippen LogP contribution in [0, 0.1) is 0 Å². The van der Waals surface area contributed by atoms with Gasteiger partial charge in [-0.1, -0.05) is 34.1 Å². The second-order valence-electron chi connectivity index (χ2n) is 5.80. The minimum Gasteiger partial charge on any atom is -0.482 e. The number of ether oxygens (including phenoxy) is 1. The third kappa shape index (κ3) is 5.30. The molecule has 0 saturated carbocycles. The molecule has 1 heterocycles. The van der Waals surface area contributed by atoms with Crippen molar-refractivity contribution in [3.8, 4) is 5.75 Å². The smallest absolute Gasteiger partial charge is 0.328 e. The van der Waals surface area contributed by atoms with Crippen LogP contribution in [0.4, 0.5) is 10.5 Å². The van der Waals surface area contributed by atoms with Crippen molar-refractivity contribution < 1.29 is 23.9 Å². The van der Waals surface area contributed by atoms with Crippen LogP contribution in [-0.2, 0) is 14.4 Å². The van der Waals surface area contributed by atoms with Crippen LogP contribution in [0.2, 0.25) is 0 Å². The highest BCUT2D eigenvalue weighted by atomic mass is 79.9. The Morgan fingerprint density at radius 1 is 1.03 bits per heavy atom. The predicted octanol–water partition coefficient (Wildman–Crippen LogP) is 2.98. The van der Waals surface area contributed by atoms with Crippen molar-refractivity contribution >= 4 is 67.4 Å². The van der Waals surface area contributed by atoms with E-state index in [4.69, 9.17) is 4.74 Å². The van der Waals surface area contributed by atoms with Crippen molar-refractivity contribution in [1.29, 1.82) is 0 Å². The molecule has 5 amide bonds. The van der Waals surface area contributed by atoms with Gasteiger partial charge in [-0.3, -0.25) is 25.0 Å². The molecule has 3 rings (SSSR count). The summed E-state index contributed by atoms with van der Waals surface area (Å²) in [5.41, 5.74) is 0.708. The summed E-state index contributed by atoms with van der Waals surface area (Å²) in [6.45, 7) is -0.303. The number of para-hydroxylation sites is 1. The summed E-state index contributed by atoms with van der Waals surface area (Å²) < 4.78 is 6.78. The lowest BCUT2D eigenvalue weighted by molar-refractivity contribution is -0.124. The first-order valence-electron chi connectivity index (χ1n) is 8.18. The number of hydrogen-bond donors (Lipinski definition) is 3. The molecule has 148 valence electrons. The molecule has 1 aliphatic heterocycles. The standard InChI is InChI=1S/C19H13Br2N3O5/c20-11-6-10(7-13-17(26)23-19(28)24-18(13)27)16(14(21)8-11)29-9-15(25)22-12-4-2-1-3-5-12/h1-8H,9H2,(H,22,25)(H2,23,24,26,27,28). The summed E-state index contributed by atoms with van der Waals surface area (Å²) in [5, 5.41) is 6.69. The first-order chi connectivity index (χ1) is 13.8. The van der Waals surface area contributed by atoms with Crippen LogP contribution >= 0.6 is 31.9 Å². The molecule has 29 heavy (non-hydrogen) atoms. The van der Waals surface area contributed by atoms with Crippen molar-refractivity contribution in [3.63, 3.8) is 0 Å². The Kier molecular flexibility index (Phi) is 6.45. The van der Waals surface area contributed by atoms with Gasteiger partial charge < -0.3 is 10.1 Å². The summed E-state index contributed by atoms with van der Waals surface area (Å²) in [4.78, 5) is 47.3. The second kappa shape index (κ2) is 9.01. The van der Waals surface area contributed by atoms with Gasteiger partial charge in [0, 0.05) is 15.7 Å². The molecule has 2 aromatic rings. The Morgan fingerprint density at radius 3 is 2.34 bits per heavy atom. The lowest BCUT2D eigenvalue weighted by Gasteiger charge is -2.16. The van der Waals surface area contributed by atoms with E-state index in [9.17, 15) is 19.2 Å². The average molecular weight is 523 g/mol. The fourth-order valence-electron chi connectivity index (χ4n) is 2.46. The molecule has 8 nitrogen and oxygen atoms in total. The lowest BCUT2D eigenvalue weighted by Crippen LogP contribution is -2.51. The number of barbiturate groups is 1. The van der Waals surface area contributed by atoms with Gasteiger partial charge in [-0.15, -0.1) is 0 Å². The molecule has 0 radical (unpaired) electrons. The third-order valence-corrected chi connectivity index (χ3v) is 4.73. The van der Waals surface area contributed by atoms with Gasteiger partial charge in [0.15, 0.2) is 6.61 Å². The topological polar surface area (TPSA) is 114 Å². The zero-order valence-electron chi connectivity index (χ0n) is 14.6. The van der Waals surface area contributed by atoms with Crippen molar-refractivity contribution in [2.75, 3.05) is 11.9 Å². The van der Waals surface area contributed by atoms with Crippen LogP contribution in [0.3, 0.4) is 0 Å². The molecule has 0 unspecified atom stereocenters. The van der Waals surface area contributed by atoms with Crippen LogP contribution < -0.4 is 20.7 Å². The Labute approximate surface area is 181 Å². The van der Waals surface area contributed by atoms with E-state index >= 15 is 0 Å². The highest BCUT2D eigenvalue weighted by Gasteiger charge is 2.28. The molecule has 1 saturated heterocycles. The van der Waals surface area contributed by atoms with E-state index in [-0.39, 0.29) is 23.8 Å². The van der Waals surface area contributed by atoms with Crippen LogP contribution in [0.15, 0.2) is 57.0 Å². The minimum absolute atomic E-state index is 0.251. The fraction of sp³-hybridized carbons (Fsp3) is 0.0526. The number of carbonyl (C=O) groups is 4. The number of urea groups is 1. The number of amides is 5. The fourth-order valence-corrected chi connectivity index (χ4v) is 3.83. The van der Waals surface area contributed by atoms with Crippen molar-refractivity contribution in [1.82, 2.24) is 10.6 Å². The number of anilines is 1. The van der Waals surface area contributed by atoms with Gasteiger partial charge >= 0.3 is 6.03 Å². The van der Waals surface area contributed by atoms with E-state index in [2.05, 4.69) is 37.2 Å². The molecular weight excluding hydrogens is 510 g/mol. The summed E-state index contributed by atoms with van der Waals surface area (Å²) in [5.74, 6) is -1.80. The normalized spacial score (nSPS) is 13.4. The van der Waals surface area contributed by atoms with E-state index < -0.39 is 17.8 Å². The highest BCUT2D eigenvalue weighted by molar-refractivity contribution is 9.11. The Bertz CT molecular complexity index is 1020. The molecule has 3 N–H and O–H groups in total. The van der Waals surface area contributed by atoms with E-state index in [0.717, 1.165) is 0 Å². The molecule has 0 bridgehead atoms. The van der Waals surface area contributed by atoms with E-state index in [0.29, 0.717) is 20.2 Å². The summed E-state index contributed by atoms with van der Waals surface area (Å²) in [6.07, 6.45) is 1.27. The van der Waals surface area contributed by atoms with Crippen LogP contribution in [0.1, 0.15) is 5.56 Å². The van der Waals surface area contributed by atoms with E-state index in [1.807, 2.05) is 16.7 Å². The monoisotopic (exact) mass is 521 g/mol. The predicted molar refractivity (Wildman–Crippen MR) is 112 cm³/mol. The van der Waals surface area contributed by atoms with Crippen molar-refractivity contribution in [2.45, 2.75) is 0 Å². The first-order valence-corrected chi connectivity index (χ1v) is 9.77. The number of halogens is 2. The molecular formula is C19H13Br2N3O5. The zero-order chi connectivity index (χ0) is 21.0. The first kappa shape index (κ1) is 20.7. The number of imide groups is 2. The lowest BCUT2D eigenvalue weighted by atomic mass is 10.1. The summed E-state index contributed by atoms with van der Waals surface area (Å²) in [6, 6.07) is 11.3. The number of hydrogen-bond acceptors (Lipinski definition) is 5. The molecule has 0 atom stereocenters. The van der Waals surface area contributed by atoms with Gasteiger partial charge in [0.05, 0.1) is 4.47 Å². The zero-order valence-corrected chi connectivity index (χ0v) is 17.8. The largest absolute Gasteiger partial charge is 0.482 e. The number of carbonyl (C=O) groups excluding carboxylic acids is 4. The Balaban J connectivity index is 1.83. The molecule has 10 heteroatoms. The van der Waals surface area contributed by atoms with Crippen LogP contribution in [-0.4, -0.2) is 30.4 Å². The summed E-state index contributed by atoms with van der Waals surface area (Å²) >= 11 is 6.68.